The molecule has 1 fully saturated rings. The molecule has 4 heteroatoms. The lowest BCUT2D eigenvalue weighted by Crippen LogP contribution is -2.32. The molecule has 0 aromatic carbocycles. The largest absolute Gasteiger partial charge is 0.338 e. The van der Waals surface area contributed by atoms with E-state index in [1.807, 2.05) is 19.1 Å². The molecular weight excluding hydrogens is 214 g/mol. The molecule has 92 valence electrons. The van der Waals surface area contributed by atoms with Crippen LogP contribution < -0.4 is 10.6 Å². The summed E-state index contributed by atoms with van der Waals surface area (Å²) in [5.74, 6) is 1.26. The molecule has 0 saturated heterocycles. The minimum Gasteiger partial charge on any atom is -0.338 e. The lowest BCUT2D eigenvalue weighted by atomic mass is 10.1. The molecule has 0 atom stereocenters. The Morgan fingerprint density at radius 2 is 2.18 bits per heavy atom. The third-order valence-electron chi connectivity index (χ3n) is 3.16. The number of carbonyl (C=O) groups excluding carboxylic acids is 1. The Morgan fingerprint density at radius 1 is 1.41 bits per heavy atom. The minimum absolute atomic E-state index is 0.157. The zero-order chi connectivity index (χ0) is 12.1. The van der Waals surface area contributed by atoms with E-state index in [0.29, 0.717) is 11.7 Å². The van der Waals surface area contributed by atoms with Crippen LogP contribution in [0.25, 0.3) is 0 Å². The van der Waals surface area contributed by atoms with Gasteiger partial charge >= 0.3 is 6.03 Å². The maximum Gasteiger partial charge on any atom is 0.320 e. The van der Waals surface area contributed by atoms with Crippen molar-refractivity contribution in [1.82, 2.24) is 10.3 Å². The second-order valence-electron chi connectivity index (χ2n) is 4.65. The van der Waals surface area contributed by atoms with Gasteiger partial charge in [-0.05, 0) is 37.8 Å². The van der Waals surface area contributed by atoms with Gasteiger partial charge in [0.1, 0.15) is 5.82 Å². The summed E-state index contributed by atoms with van der Waals surface area (Å²) in [5, 5.41) is 5.65. The number of nitrogens with zero attached hydrogens (tertiary/aromatic N) is 1. The predicted molar refractivity (Wildman–Crippen MR) is 68.0 cm³/mol. The quantitative estimate of drug-likeness (QED) is 0.843. The summed E-state index contributed by atoms with van der Waals surface area (Å²) in [7, 11) is 0. The highest BCUT2D eigenvalue weighted by Gasteiger charge is 2.15. The molecule has 1 aliphatic carbocycles. The Labute approximate surface area is 102 Å². The third kappa shape index (κ3) is 3.73. The van der Waals surface area contributed by atoms with Crippen LogP contribution in [0.15, 0.2) is 18.2 Å². The van der Waals surface area contributed by atoms with Crippen LogP contribution in [0.3, 0.4) is 0 Å². The van der Waals surface area contributed by atoms with Gasteiger partial charge in [-0.2, -0.15) is 0 Å². The van der Waals surface area contributed by atoms with Gasteiger partial charge in [-0.25, -0.2) is 9.78 Å². The Morgan fingerprint density at radius 3 is 2.88 bits per heavy atom. The molecule has 0 radical (unpaired) electrons. The summed E-state index contributed by atoms with van der Waals surface area (Å²) in [4.78, 5) is 15.8. The zero-order valence-electron chi connectivity index (χ0n) is 10.2. The molecule has 17 heavy (non-hydrogen) atoms. The number of rotatable bonds is 3. The highest BCUT2D eigenvalue weighted by atomic mass is 16.2. The minimum atomic E-state index is -0.157. The molecule has 1 aromatic heterocycles. The summed E-state index contributed by atoms with van der Waals surface area (Å²) in [6.07, 6.45) is 5.08. The number of amides is 2. The van der Waals surface area contributed by atoms with E-state index in [2.05, 4.69) is 15.6 Å². The molecule has 4 nitrogen and oxygen atoms in total. The van der Waals surface area contributed by atoms with E-state index in [0.717, 1.165) is 12.2 Å². The van der Waals surface area contributed by atoms with Gasteiger partial charge < -0.3 is 5.32 Å². The normalized spacial score (nSPS) is 15.8. The van der Waals surface area contributed by atoms with Gasteiger partial charge in [0.05, 0.1) is 0 Å². The molecule has 1 saturated carbocycles. The van der Waals surface area contributed by atoms with E-state index in [1.54, 1.807) is 6.07 Å². The number of urea groups is 1. The molecular formula is C13H19N3O. The van der Waals surface area contributed by atoms with Gasteiger partial charge in [0.15, 0.2) is 0 Å². The average molecular weight is 233 g/mol. The first kappa shape index (κ1) is 11.9. The average Bonchev–Trinajstić information content (AvgIpc) is 2.79. The number of aryl methyl sites for hydroxylation is 1. The third-order valence-corrected chi connectivity index (χ3v) is 3.16. The smallest absolute Gasteiger partial charge is 0.320 e. The van der Waals surface area contributed by atoms with Crippen molar-refractivity contribution in [2.45, 2.75) is 32.6 Å². The summed E-state index contributed by atoms with van der Waals surface area (Å²) >= 11 is 0. The van der Waals surface area contributed by atoms with Crippen molar-refractivity contribution < 1.29 is 4.79 Å². The van der Waals surface area contributed by atoms with Gasteiger partial charge in [0.25, 0.3) is 0 Å². The number of carbonyl (C=O) groups is 1. The van der Waals surface area contributed by atoms with Crippen molar-refractivity contribution in [2.75, 3.05) is 11.9 Å². The van der Waals surface area contributed by atoms with Crippen LogP contribution in [0.2, 0.25) is 0 Å². The molecule has 2 amide bonds. The first-order valence-corrected chi connectivity index (χ1v) is 6.22. The summed E-state index contributed by atoms with van der Waals surface area (Å²) in [5.41, 5.74) is 0.901. The lowest BCUT2D eigenvalue weighted by Gasteiger charge is -2.11. The number of hydrogen-bond donors (Lipinski definition) is 2. The monoisotopic (exact) mass is 233 g/mol. The molecule has 1 aliphatic rings. The number of hydrogen-bond acceptors (Lipinski definition) is 2. The standard InChI is InChI=1S/C13H19N3O/c1-10-5-4-8-12(15-10)16-13(17)14-9-11-6-2-3-7-11/h4-5,8,11H,2-3,6-7,9H2,1H3,(H2,14,15,16,17). The van der Waals surface area contributed by atoms with Crippen LogP contribution in [-0.4, -0.2) is 17.6 Å². The van der Waals surface area contributed by atoms with Gasteiger partial charge in [0, 0.05) is 12.2 Å². The van der Waals surface area contributed by atoms with E-state index >= 15 is 0 Å². The molecule has 0 aliphatic heterocycles. The second-order valence-corrected chi connectivity index (χ2v) is 4.65. The highest BCUT2D eigenvalue weighted by Crippen LogP contribution is 2.23. The van der Waals surface area contributed by atoms with Gasteiger partial charge in [-0.1, -0.05) is 18.9 Å². The van der Waals surface area contributed by atoms with Crippen LogP contribution in [0.4, 0.5) is 10.6 Å². The van der Waals surface area contributed by atoms with Crippen LogP contribution in [0.5, 0.6) is 0 Å². The first-order valence-electron chi connectivity index (χ1n) is 6.22. The van der Waals surface area contributed by atoms with E-state index in [4.69, 9.17) is 0 Å². The van der Waals surface area contributed by atoms with Crippen molar-refractivity contribution >= 4 is 11.8 Å². The summed E-state index contributed by atoms with van der Waals surface area (Å²) in [6.45, 7) is 2.68. The number of nitrogens with one attached hydrogen (secondary N) is 2. The number of aromatic nitrogens is 1. The SMILES string of the molecule is Cc1cccc(NC(=O)NCC2CCCC2)n1. The lowest BCUT2D eigenvalue weighted by molar-refractivity contribution is 0.250. The number of anilines is 1. The molecule has 0 spiro atoms. The summed E-state index contributed by atoms with van der Waals surface area (Å²) < 4.78 is 0. The van der Waals surface area contributed by atoms with Gasteiger partial charge in [0.2, 0.25) is 0 Å². The van der Waals surface area contributed by atoms with E-state index < -0.39 is 0 Å². The molecule has 2 rings (SSSR count). The fourth-order valence-electron chi connectivity index (χ4n) is 2.22. The van der Waals surface area contributed by atoms with E-state index in [1.165, 1.54) is 25.7 Å². The Balaban J connectivity index is 1.76. The fourth-order valence-corrected chi connectivity index (χ4v) is 2.22. The van der Waals surface area contributed by atoms with Crippen molar-refractivity contribution in [3.63, 3.8) is 0 Å². The second kappa shape index (κ2) is 5.66. The molecule has 1 aromatic rings. The first-order chi connectivity index (χ1) is 8.24. The predicted octanol–water partition coefficient (Wildman–Crippen LogP) is 2.70. The van der Waals surface area contributed by atoms with Crippen LogP contribution >= 0.6 is 0 Å². The molecule has 0 unspecified atom stereocenters. The zero-order valence-corrected chi connectivity index (χ0v) is 10.2. The fraction of sp³-hybridized carbons (Fsp3) is 0.538. The summed E-state index contributed by atoms with van der Waals surface area (Å²) in [6, 6.07) is 5.42. The van der Waals surface area contributed by atoms with Crippen molar-refractivity contribution in [2.24, 2.45) is 5.92 Å². The molecule has 0 bridgehead atoms. The Kier molecular flexibility index (Phi) is 3.96. The Bertz CT molecular complexity index is 386. The molecule has 1 heterocycles. The van der Waals surface area contributed by atoms with Crippen molar-refractivity contribution in [1.29, 1.82) is 0 Å². The van der Waals surface area contributed by atoms with Crippen LogP contribution in [-0.2, 0) is 0 Å². The van der Waals surface area contributed by atoms with Crippen LogP contribution in [0.1, 0.15) is 31.4 Å². The van der Waals surface area contributed by atoms with E-state index in [9.17, 15) is 4.79 Å². The highest BCUT2D eigenvalue weighted by molar-refractivity contribution is 5.88. The maximum absolute atomic E-state index is 11.6. The van der Waals surface area contributed by atoms with Gasteiger partial charge in [-0.3, -0.25) is 5.32 Å². The van der Waals surface area contributed by atoms with Crippen LogP contribution in [0, 0.1) is 12.8 Å². The van der Waals surface area contributed by atoms with Crippen molar-refractivity contribution in [3.8, 4) is 0 Å². The van der Waals surface area contributed by atoms with Gasteiger partial charge in [-0.15, -0.1) is 0 Å². The maximum atomic E-state index is 11.6. The van der Waals surface area contributed by atoms with Crippen molar-refractivity contribution in [3.05, 3.63) is 23.9 Å². The topological polar surface area (TPSA) is 54.0 Å². The Hall–Kier alpha value is -1.58. The van der Waals surface area contributed by atoms with E-state index in [-0.39, 0.29) is 6.03 Å². The molecule has 2 N–H and O–H groups in total. The number of pyridine rings is 1.